The minimum atomic E-state index is -0.660. The summed E-state index contributed by atoms with van der Waals surface area (Å²) in [5.41, 5.74) is 1.17. The standard InChI is InChI=1S/C22H19IN2O8S/c1-3-32-19(26)11-24-21(27)18(34-22(24)28)10-14-8-16(23)20(17(9-14)31-2)33-12-13-5-4-6-15(7-13)25(29)30/h4-10H,3,11-12H2,1-2H3/b18-10+. The Morgan fingerprint density at radius 1 is 1.26 bits per heavy atom. The van der Waals surface area contributed by atoms with Crippen LogP contribution < -0.4 is 9.47 Å². The van der Waals surface area contributed by atoms with Crippen LogP contribution in [0.2, 0.25) is 0 Å². The predicted molar refractivity (Wildman–Crippen MR) is 132 cm³/mol. The summed E-state index contributed by atoms with van der Waals surface area (Å²) in [4.78, 5) is 48.0. The van der Waals surface area contributed by atoms with Gasteiger partial charge < -0.3 is 14.2 Å². The van der Waals surface area contributed by atoms with Gasteiger partial charge in [-0.1, -0.05) is 12.1 Å². The number of hydrogen-bond donors (Lipinski definition) is 0. The van der Waals surface area contributed by atoms with Gasteiger partial charge >= 0.3 is 5.97 Å². The van der Waals surface area contributed by atoms with E-state index in [4.69, 9.17) is 14.2 Å². The van der Waals surface area contributed by atoms with Gasteiger partial charge in [-0.15, -0.1) is 0 Å². The van der Waals surface area contributed by atoms with E-state index in [2.05, 4.69) is 0 Å². The van der Waals surface area contributed by atoms with Crippen molar-refractivity contribution < 1.29 is 33.5 Å². The number of hydrogen-bond acceptors (Lipinski definition) is 9. The first-order chi connectivity index (χ1) is 16.2. The van der Waals surface area contributed by atoms with Gasteiger partial charge in [-0.3, -0.25) is 29.4 Å². The molecule has 1 saturated heterocycles. The highest BCUT2D eigenvalue weighted by molar-refractivity contribution is 14.1. The van der Waals surface area contributed by atoms with Crippen LogP contribution in [0, 0.1) is 13.7 Å². The van der Waals surface area contributed by atoms with Crippen molar-refractivity contribution in [2.45, 2.75) is 13.5 Å². The summed E-state index contributed by atoms with van der Waals surface area (Å²) in [7, 11) is 1.46. The van der Waals surface area contributed by atoms with Gasteiger partial charge in [-0.05, 0) is 70.6 Å². The number of carbonyl (C=O) groups is 3. The Balaban J connectivity index is 1.79. The first kappa shape index (κ1) is 25.5. The first-order valence-corrected chi connectivity index (χ1v) is 11.8. The molecule has 0 aliphatic carbocycles. The van der Waals surface area contributed by atoms with E-state index >= 15 is 0 Å². The number of methoxy groups -OCH3 is 1. The van der Waals surface area contributed by atoms with Gasteiger partial charge in [0.25, 0.3) is 16.8 Å². The number of nitrogens with zero attached hydrogens (tertiary/aromatic N) is 2. The summed E-state index contributed by atoms with van der Waals surface area (Å²) in [5, 5.41) is 10.4. The number of esters is 1. The lowest BCUT2D eigenvalue weighted by Gasteiger charge is -2.14. The van der Waals surface area contributed by atoms with Crippen LogP contribution >= 0.6 is 34.4 Å². The molecule has 2 aromatic carbocycles. The molecule has 0 atom stereocenters. The van der Waals surface area contributed by atoms with Crippen molar-refractivity contribution in [1.82, 2.24) is 4.90 Å². The molecule has 0 N–H and O–H groups in total. The van der Waals surface area contributed by atoms with Crippen molar-refractivity contribution in [1.29, 1.82) is 0 Å². The molecule has 2 amide bonds. The second kappa shape index (κ2) is 11.3. The van der Waals surface area contributed by atoms with E-state index in [0.29, 0.717) is 26.2 Å². The van der Waals surface area contributed by atoms with Gasteiger partial charge in [0, 0.05) is 12.1 Å². The molecule has 3 rings (SSSR count). The highest BCUT2D eigenvalue weighted by Crippen LogP contribution is 2.37. The molecule has 0 unspecified atom stereocenters. The number of thioether (sulfide) groups is 1. The lowest BCUT2D eigenvalue weighted by Crippen LogP contribution is -2.34. The van der Waals surface area contributed by atoms with Crippen molar-refractivity contribution in [2.75, 3.05) is 20.3 Å². The minimum absolute atomic E-state index is 0.0324. The van der Waals surface area contributed by atoms with Gasteiger partial charge in [-0.25, -0.2) is 0 Å². The lowest BCUT2D eigenvalue weighted by molar-refractivity contribution is -0.384. The zero-order valence-corrected chi connectivity index (χ0v) is 21.1. The predicted octanol–water partition coefficient (Wildman–Crippen LogP) is 4.39. The highest BCUT2D eigenvalue weighted by Gasteiger charge is 2.36. The number of rotatable bonds is 9. The number of non-ortho nitro benzene ring substituents is 1. The number of benzene rings is 2. The molecule has 2 aromatic rings. The summed E-state index contributed by atoms with van der Waals surface area (Å²) >= 11 is 2.78. The molecule has 0 aromatic heterocycles. The van der Waals surface area contributed by atoms with Crippen molar-refractivity contribution >= 4 is 63.2 Å². The molecule has 0 radical (unpaired) electrons. The number of nitro groups is 1. The summed E-state index contributed by atoms with van der Waals surface area (Å²) in [6.45, 7) is 1.43. The smallest absolute Gasteiger partial charge is 0.326 e. The molecule has 0 spiro atoms. The SMILES string of the molecule is CCOC(=O)CN1C(=O)S/C(=C/c2cc(I)c(OCc3cccc([N+](=O)[O-])c3)c(OC)c2)C1=O. The van der Waals surface area contributed by atoms with E-state index in [0.717, 1.165) is 16.7 Å². The fourth-order valence-electron chi connectivity index (χ4n) is 3.00. The normalized spacial score (nSPS) is 14.4. The topological polar surface area (TPSA) is 125 Å². The molecule has 34 heavy (non-hydrogen) atoms. The Hall–Kier alpha value is -3.13. The van der Waals surface area contributed by atoms with E-state index in [9.17, 15) is 24.5 Å². The van der Waals surface area contributed by atoms with Crippen LogP contribution in [-0.2, 0) is 20.9 Å². The molecule has 1 fully saturated rings. The molecule has 178 valence electrons. The van der Waals surface area contributed by atoms with Crippen molar-refractivity contribution in [3.05, 3.63) is 66.1 Å². The van der Waals surface area contributed by atoms with Crippen LogP contribution in [0.15, 0.2) is 41.3 Å². The number of ether oxygens (including phenoxy) is 3. The minimum Gasteiger partial charge on any atom is -0.493 e. The maximum Gasteiger partial charge on any atom is 0.326 e. The fourth-order valence-corrected chi connectivity index (χ4v) is 4.62. The monoisotopic (exact) mass is 598 g/mol. The first-order valence-electron chi connectivity index (χ1n) is 9.88. The third-order valence-corrected chi connectivity index (χ3v) is 6.23. The van der Waals surface area contributed by atoms with Crippen LogP contribution in [0.5, 0.6) is 11.5 Å². The molecular weight excluding hydrogens is 579 g/mol. The molecule has 10 nitrogen and oxygen atoms in total. The van der Waals surface area contributed by atoms with E-state index in [1.807, 2.05) is 22.6 Å². The molecule has 12 heteroatoms. The van der Waals surface area contributed by atoms with Gasteiger partial charge in [0.05, 0.1) is 27.1 Å². The number of amides is 2. The Labute approximate surface area is 212 Å². The van der Waals surface area contributed by atoms with Crippen molar-refractivity contribution in [3.8, 4) is 11.5 Å². The van der Waals surface area contributed by atoms with Gasteiger partial charge in [0.15, 0.2) is 11.5 Å². The average Bonchev–Trinajstić information content (AvgIpc) is 3.05. The van der Waals surface area contributed by atoms with Crippen LogP contribution in [-0.4, -0.2) is 47.2 Å². The number of carbonyl (C=O) groups excluding carboxylic acids is 3. The molecular formula is C22H19IN2O8S. The second-order valence-corrected chi connectivity index (χ2v) is 8.98. The van der Waals surface area contributed by atoms with E-state index in [1.54, 1.807) is 31.2 Å². The molecule has 1 aliphatic rings. The summed E-state index contributed by atoms with van der Waals surface area (Å²) < 4.78 is 16.8. The van der Waals surface area contributed by atoms with Gasteiger partial charge in [0.1, 0.15) is 13.2 Å². The Morgan fingerprint density at radius 2 is 2.03 bits per heavy atom. The Kier molecular flexibility index (Phi) is 8.50. The third-order valence-electron chi connectivity index (χ3n) is 4.52. The summed E-state index contributed by atoms with van der Waals surface area (Å²) in [6, 6.07) is 9.51. The van der Waals surface area contributed by atoms with Crippen LogP contribution in [0.3, 0.4) is 0 Å². The molecule has 0 bridgehead atoms. The lowest BCUT2D eigenvalue weighted by atomic mass is 10.1. The number of imide groups is 1. The van der Waals surface area contributed by atoms with Crippen LogP contribution in [0.1, 0.15) is 18.1 Å². The van der Waals surface area contributed by atoms with E-state index in [1.165, 1.54) is 25.3 Å². The number of nitro benzene ring substituents is 1. The van der Waals surface area contributed by atoms with E-state index in [-0.39, 0.29) is 23.8 Å². The highest BCUT2D eigenvalue weighted by atomic mass is 127. The fraction of sp³-hybridized carbons (Fsp3) is 0.227. The average molecular weight is 598 g/mol. The Bertz CT molecular complexity index is 1180. The van der Waals surface area contributed by atoms with Crippen LogP contribution in [0.4, 0.5) is 10.5 Å². The summed E-state index contributed by atoms with van der Waals surface area (Å²) in [5.74, 6) is -0.424. The maximum absolute atomic E-state index is 12.6. The quantitative estimate of drug-likeness (QED) is 0.136. The molecule has 1 aliphatic heterocycles. The largest absolute Gasteiger partial charge is 0.493 e. The molecule has 0 saturated carbocycles. The number of halogens is 1. The zero-order chi connectivity index (χ0) is 24.8. The molecule has 1 heterocycles. The van der Waals surface area contributed by atoms with Gasteiger partial charge in [-0.2, -0.15) is 0 Å². The second-order valence-electron chi connectivity index (χ2n) is 6.82. The zero-order valence-electron chi connectivity index (χ0n) is 18.1. The maximum atomic E-state index is 12.6. The Morgan fingerprint density at radius 3 is 2.71 bits per heavy atom. The van der Waals surface area contributed by atoms with E-state index < -0.39 is 28.6 Å². The van der Waals surface area contributed by atoms with Gasteiger partial charge in [0.2, 0.25) is 0 Å². The van der Waals surface area contributed by atoms with Crippen molar-refractivity contribution in [3.63, 3.8) is 0 Å². The third kappa shape index (κ3) is 6.05. The van der Waals surface area contributed by atoms with Crippen LogP contribution in [0.25, 0.3) is 6.08 Å². The summed E-state index contributed by atoms with van der Waals surface area (Å²) in [6.07, 6.45) is 1.53. The van der Waals surface area contributed by atoms with Crippen molar-refractivity contribution in [2.24, 2.45) is 0 Å².